The molecule has 0 aliphatic heterocycles. The van der Waals surface area contributed by atoms with Crippen molar-refractivity contribution < 1.29 is 9.47 Å². The Kier molecular flexibility index (Phi) is 5.44. The number of rotatable bonds is 6. The van der Waals surface area contributed by atoms with E-state index in [1.807, 2.05) is 36.4 Å². The van der Waals surface area contributed by atoms with E-state index in [9.17, 15) is 0 Å². The predicted octanol–water partition coefficient (Wildman–Crippen LogP) is 4.26. The van der Waals surface area contributed by atoms with Gasteiger partial charge < -0.3 is 14.8 Å². The SMILES string of the molecule is COCC(Nc1cc(Br)cc(OC)c1)c1ccccc1. The summed E-state index contributed by atoms with van der Waals surface area (Å²) in [6, 6.07) is 16.3. The molecule has 4 heteroatoms. The fourth-order valence-corrected chi connectivity index (χ4v) is 2.51. The molecule has 2 rings (SSSR count). The molecule has 0 aliphatic rings. The number of benzene rings is 2. The van der Waals surface area contributed by atoms with Crippen LogP contribution >= 0.6 is 15.9 Å². The summed E-state index contributed by atoms with van der Waals surface area (Å²) in [4.78, 5) is 0. The van der Waals surface area contributed by atoms with Crippen molar-refractivity contribution in [1.29, 1.82) is 0 Å². The van der Waals surface area contributed by atoms with Gasteiger partial charge in [0.2, 0.25) is 0 Å². The Morgan fingerprint density at radius 1 is 1.10 bits per heavy atom. The molecule has 0 spiro atoms. The Labute approximate surface area is 128 Å². The van der Waals surface area contributed by atoms with Crippen LogP contribution in [0.25, 0.3) is 0 Å². The van der Waals surface area contributed by atoms with Gasteiger partial charge in [-0.25, -0.2) is 0 Å². The first-order valence-electron chi connectivity index (χ1n) is 6.38. The zero-order valence-electron chi connectivity index (χ0n) is 11.6. The number of anilines is 1. The molecule has 1 atom stereocenters. The monoisotopic (exact) mass is 335 g/mol. The first-order chi connectivity index (χ1) is 9.72. The average Bonchev–Trinajstić information content (AvgIpc) is 2.47. The number of hydrogen-bond donors (Lipinski definition) is 1. The van der Waals surface area contributed by atoms with E-state index in [-0.39, 0.29) is 6.04 Å². The van der Waals surface area contributed by atoms with Gasteiger partial charge in [-0.15, -0.1) is 0 Å². The van der Waals surface area contributed by atoms with Crippen molar-refractivity contribution in [2.75, 3.05) is 26.1 Å². The lowest BCUT2D eigenvalue weighted by molar-refractivity contribution is 0.186. The Morgan fingerprint density at radius 2 is 1.85 bits per heavy atom. The van der Waals surface area contributed by atoms with E-state index in [4.69, 9.17) is 9.47 Å². The first kappa shape index (κ1) is 14.9. The van der Waals surface area contributed by atoms with Crippen molar-refractivity contribution in [1.82, 2.24) is 0 Å². The Morgan fingerprint density at radius 3 is 2.50 bits per heavy atom. The Balaban J connectivity index is 2.22. The van der Waals surface area contributed by atoms with Crippen LogP contribution in [0.2, 0.25) is 0 Å². The average molecular weight is 336 g/mol. The number of methoxy groups -OCH3 is 2. The van der Waals surface area contributed by atoms with Gasteiger partial charge >= 0.3 is 0 Å². The molecule has 0 heterocycles. The summed E-state index contributed by atoms with van der Waals surface area (Å²) in [5.74, 6) is 0.811. The summed E-state index contributed by atoms with van der Waals surface area (Å²) in [5, 5.41) is 3.48. The molecular formula is C16H18BrNO2. The standard InChI is InChI=1S/C16H18BrNO2/c1-19-11-16(12-6-4-3-5-7-12)18-14-8-13(17)9-15(10-14)20-2/h3-10,16,18H,11H2,1-2H3. The van der Waals surface area contributed by atoms with E-state index in [2.05, 4.69) is 33.4 Å². The molecular weight excluding hydrogens is 318 g/mol. The van der Waals surface area contributed by atoms with Crippen LogP contribution in [0, 0.1) is 0 Å². The van der Waals surface area contributed by atoms with Crippen LogP contribution < -0.4 is 10.1 Å². The van der Waals surface area contributed by atoms with Crippen LogP contribution in [0.15, 0.2) is 53.0 Å². The van der Waals surface area contributed by atoms with Crippen molar-refractivity contribution in [2.24, 2.45) is 0 Å². The maximum atomic E-state index is 5.31. The van der Waals surface area contributed by atoms with Crippen LogP contribution in [-0.2, 0) is 4.74 Å². The highest BCUT2D eigenvalue weighted by Gasteiger charge is 2.11. The van der Waals surface area contributed by atoms with Crippen LogP contribution in [0.5, 0.6) is 5.75 Å². The molecule has 2 aromatic carbocycles. The number of halogens is 1. The predicted molar refractivity (Wildman–Crippen MR) is 85.4 cm³/mol. The van der Waals surface area contributed by atoms with Gasteiger partial charge in [0.05, 0.1) is 19.8 Å². The molecule has 0 aromatic heterocycles. The van der Waals surface area contributed by atoms with E-state index < -0.39 is 0 Å². The summed E-state index contributed by atoms with van der Waals surface area (Å²) in [6.07, 6.45) is 0. The second kappa shape index (κ2) is 7.31. The zero-order valence-corrected chi connectivity index (χ0v) is 13.2. The molecule has 20 heavy (non-hydrogen) atoms. The number of hydrogen-bond acceptors (Lipinski definition) is 3. The second-order valence-electron chi connectivity index (χ2n) is 4.44. The van der Waals surface area contributed by atoms with E-state index >= 15 is 0 Å². The second-order valence-corrected chi connectivity index (χ2v) is 5.36. The van der Waals surface area contributed by atoms with E-state index in [0.29, 0.717) is 6.61 Å². The molecule has 106 valence electrons. The summed E-state index contributed by atoms with van der Waals surface area (Å²) in [5.41, 5.74) is 2.18. The maximum absolute atomic E-state index is 5.31. The normalized spacial score (nSPS) is 11.9. The van der Waals surface area contributed by atoms with Crippen molar-refractivity contribution in [2.45, 2.75) is 6.04 Å². The van der Waals surface area contributed by atoms with Gasteiger partial charge in [-0.05, 0) is 17.7 Å². The van der Waals surface area contributed by atoms with Gasteiger partial charge in [-0.2, -0.15) is 0 Å². The highest BCUT2D eigenvalue weighted by molar-refractivity contribution is 9.10. The fourth-order valence-electron chi connectivity index (χ4n) is 2.04. The van der Waals surface area contributed by atoms with Crippen LogP contribution in [0.1, 0.15) is 11.6 Å². The lowest BCUT2D eigenvalue weighted by atomic mass is 10.1. The first-order valence-corrected chi connectivity index (χ1v) is 7.17. The van der Waals surface area contributed by atoms with Gasteiger partial charge in [-0.1, -0.05) is 46.3 Å². The van der Waals surface area contributed by atoms with Crippen LogP contribution in [-0.4, -0.2) is 20.8 Å². The molecule has 0 saturated heterocycles. The molecule has 0 saturated carbocycles. The Hall–Kier alpha value is -1.52. The van der Waals surface area contributed by atoms with Gasteiger partial charge in [0.25, 0.3) is 0 Å². The van der Waals surface area contributed by atoms with Crippen molar-refractivity contribution in [3.63, 3.8) is 0 Å². The molecule has 0 aliphatic carbocycles. The van der Waals surface area contributed by atoms with E-state index in [1.54, 1.807) is 14.2 Å². The summed E-state index contributed by atoms with van der Waals surface area (Å²) >= 11 is 3.49. The van der Waals surface area contributed by atoms with Crippen molar-refractivity contribution in [3.8, 4) is 5.75 Å². The lowest BCUT2D eigenvalue weighted by Gasteiger charge is -2.20. The third-order valence-electron chi connectivity index (χ3n) is 2.98. The third kappa shape index (κ3) is 3.99. The third-order valence-corrected chi connectivity index (χ3v) is 3.44. The molecule has 0 bridgehead atoms. The quantitative estimate of drug-likeness (QED) is 0.855. The lowest BCUT2D eigenvalue weighted by Crippen LogP contribution is -2.16. The van der Waals surface area contributed by atoms with Gasteiger partial charge in [-0.3, -0.25) is 0 Å². The largest absolute Gasteiger partial charge is 0.497 e. The van der Waals surface area contributed by atoms with Gasteiger partial charge in [0, 0.05) is 23.3 Å². The zero-order chi connectivity index (χ0) is 14.4. The maximum Gasteiger partial charge on any atom is 0.122 e. The molecule has 0 fully saturated rings. The fraction of sp³-hybridized carbons (Fsp3) is 0.250. The number of nitrogens with one attached hydrogen (secondary N) is 1. The Bertz CT molecular complexity index is 545. The molecule has 1 unspecified atom stereocenters. The van der Waals surface area contributed by atoms with Crippen molar-refractivity contribution in [3.05, 3.63) is 58.6 Å². The van der Waals surface area contributed by atoms with Gasteiger partial charge in [0.15, 0.2) is 0 Å². The summed E-state index contributed by atoms with van der Waals surface area (Å²) in [7, 11) is 3.37. The molecule has 3 nitrogen and oxygen atoms in total. The van der Waals surface area contributed by atoms with Crippen molar-refractivity contribution >= 4 is 21.6 Å². The molecule has 0 radical (unpaired) electrons. The summed E-state index contributed by atoms with van der Waals surface area (Å²) in [6.45, 7) is 0.596. The number of ether oxygens (including phenoxy) is 2. The van der Waals surface area contributed by atoms with Crippen LogP contribution in [0.3, 0.4) is 0 Å². The highest BCUT2D eigenvalue weighted by atomic mass is 79.9. The smallest absolute Gasteiger partial charge is 0.122 e. The minimum atomic E-state index is 0.0974. The summed E-state index contributed by atoms with van der Waals surface area (Å²) < 4.78 is 11.6. The topological polar surface area (TPSA) is 30.5 Å². The van der Waals surface area contributed by atoms with Gasteiger partial charge in [0.1, 0.15) is 5.75 Å². The minimum absolute atomic E-state index is 0.0974. The molecule has 2 aromatic rings. The van der Waals surface area contributed by atoms with Crippen LogP contribution in [0.4, 0.5) is 5.69 Å². The minimum Gasteiger partial charge on any atom is -0.497 e. The molecule has 0 amide bonds. The highest BCUT2D eigenvalue weighted by Crippen LogP contribution is 2.27. The molecule has 1 N–H and O–H groups in total. The van der Waals surface area contributed by atoms with E-state index in [0.717, 1.165) is 15.9 Å². The van der Waals surface area contributed by atoms with E-state index in [1.165, 1.54) is 5.56 Å².